The maximum atomic E-state index is 13.1. The second kappa shape index (κ2) is 10.0. The minimum absolute atomic E-state index is 0. The number of likely N-dealkylation sites (N-methyl/N-ethyl adjacent to an activating group) is 1. The number of rotatable bonds is 6. The van der Waals surface area contributed by atoms with Gasteiger partial charge in [-0.05, 0) is 42.6 Å². The predicted octanol–water partition coefficient (Wildman–Crippen LogP) is 3.44. The summed E-state index contributed by atoms with van der Waals surface area (Å²) in [6.07, 6.45) is 0. The van der Waals surface area contributed by atoms with E-state index in [1.807, 2.05) is 20.0 Å². The van der Waals surface area contributed by atoms with E-state index in [1.165, 1.54) is 17.7 Å². The summed E-state index contributed by atoms with van der Waals surface area (Å²) in [5.41, 5.74) is 8.21. The third-order valence-corrected chi connectivity index (χ3v) is 5.73. The van der Waals surface area contributed by atoms with Crippen molar-refractivity contribution in [3.05, 3.63) is 71.5 Å². The van der Waals surface area contributed by atoms with Crippen molar-refractivity contribution in [1.29, 1.82) is 0 Å². The molecule has 1 unspecified atom stereocenters. The Labute approximate surface area is 172 Å². The molecule has 1 saturated heterocycles. The van der Waals surface area contributed by atoms with Crippen LogP contribution in [0.25, 0.3) is 0 Å². The van der Waals surface area contributed by atoms with E-state index >= 15 is 0 Å². The van der Waals surface area contributed by atoms with Crippen molar-refractivity contribution >= 4 is 18.3 Å². The third-order valence-electron chi connectivity index (χ3n) is 5.73. The Morgan fingerprint density at radius 1 is 1.18 bits per heavy atom. The van der Waals surface area contributed by atoms with Gasteiger partial charge in [-0.1, -0.05) is 42.5 Å². The number of nitrogens with zero attached hydrogens (tertiary/aromatic N) is 2. The van der Waals surface area contributed by atoms with Gasteiger partial charge >= 0.3 is 0 Å². The van der Waals surface area contributed by atoms with Crippen LogP contribution in [0.5, 0.6) is 0 Å². The molecule has 0 spiro atoms. The molecule has 0 aromatic heterocycles. The minimum Gasteiger partial charge on any atom is -0.338 e. The van der Waals surface area contributed by atoms with Gasteiger partial charge in [-0.25, -0.2) is 4.39 Å². The van der Waals surface area contributed by atoms with Crippen LogP contribution in [0.2, 0.25) is 0 Å². The number of nitrogens with two attached hydrogens (primary N) is 1. The molecular weight excluding hydrogens is 377 g/mol. The summed E-state index contributed by atoms with van der Waals surface area (Å²) >= 11 is 0. The highest BCUT2D eigenvalue weighted by Gasteiger charge is 2.34. The van der Waals surface area contributed by atoms with Gasteiger partial charge in [-0.2, -0.15) is 0 Å². The zero-order valence-corrected chi connectivity index (χ0v) is 17.2. The Morgan fingerprint density at radius 3 is 2.43 bits per heavy atom. The maximum Gasteiger partial charge on any atom is 0.236 e. The van der Waals surface area contributed by atoms with Crippen LogP contribution in [0.15, 0.2) is 54.6 Å². The molecule has 2 N–H and O–H groups in total. The van der Waals surface area contributed by atoms with Crippen molar-refractivity contribution in [3.8, 4) is 0 Å². The number of benzene rings is 2. The van der Waals surface area contributed by atoms with Crippen molar-refractivity contribution in [1.82, 2.24) is 9.80 Å². The molecule has 152 valence electrons. The normalized spacial score (nSPS) is 20.4. The van der Waals surface area contributed by atoms with E-state index in [0.29, 0.717) is 24.9 Å². The van der Waals surface area contributed by atoms with Crippen molar-refractivity contribution < 1.29 is 9.18 Å². The van der Waals surface area contributed by atoms with Crippen LogP contribution in [0.4, 0.5) is 4.39 Å². The van der Waals surface area contributed by atoms with Gasteiger partial charge in [0.05, 0.1) is 12.6 Å². The first-order valence-corrected chi connectivity index (χ1v) is 9.48. The Hall–Kier alpha value is -1.95. The van der Waals surface area contributed by atoms with Gasteiger partial charge in [0.2, 0.25) is 5.91 Å². The fraction of sp³-hybridized carbons (Fsp3) is 0.409. The average molecular weight is 406 g/mol. The molecule has 3 atom stereocenters. The van der Waals surface area contributed by atoms with Gasteiger partial charge in [-0.15, -0.1) is 12.4 Å². The molecule has 0 bridgehead atoms. The molecule has 28 heavy (non-hydrogen) atoms. The van der Waals surface area contributed by atoms with Gasteiger partial charge in [0, 0.05) is 26.1 Å². The summed E-state index contributed by atoms with van der Waals surface area (Å²) in [7, 11) is 1.81. The fourth-order valence-electron chi connectivity index (χ4n) is 3.89. The molecule has 3 rings (SSSR count). The zero-order chi connectivity index (χ0) is 19.4. The van der Waals surface area contributed by atoms with E-state index in [1.54, 1.807) is 17.0 Å². The average Bonchev–Trinajstić information content (AvgIpc) is 3.11. The molecule has 6 heteroatoms. The molecule has 1 aliphatic rings. The Morgan fingerprint density at radius 2 is 1.82 bits per heavy atom. The highest BCUT2D eigenvalue weighted by Crippen LogP contribution is 2.32. The van der Waals surface area contributed by atoms with E-state index in [-0.39, 0.29) is 30.2 Å². The predicted molar refractivity (Wildman–Crippen MR) is 113 cm³/mol. The molecule has 0 radical (unpaired) electrons. The second-order valence-corrected chi connectivity index (χ2v) is 7.44. The largest absolute Gasteiger partial charge is 0.338 e. The fourth-order valence-corrected chi connectivity index (χ4v) is 3.89. The Kier molecular flexibility index (Phi) is 7.98. The van der Waals surface area contributed by atoms with E-state index in [9.17, 15) is 9.18 Å². The molecule has 1 aliphatic heterocycles. The van der Waals surface area contributed by atoms with Crippen LogP contribution in [0.3, 0.4) is 0 Å². The quantitative estimate of drug-likeness (QED) is 0.800. The van der Waals surface area contributed by atoms with E-state index in [0.717, 1.165) is 18.7 Å². The van der Waals surface area contributed by atoms with E-state index in [2.05, 4.69) is 29.2 Å². The Bertz CT molecular complexity index is 756. The van der Waals surface area contributed by atoms with Crippen LogP contribution in [-0.4, -0.2) is 48.9 Å². The lowest BCUT2D eigenvalue weighted by Gasteiger charge is -2.27. The standard InChI is InChI=1S/C22H28FN3O.ClH/c1-16(17-8-10-20(23)11-9-17)25(2)22(27)15-26-13-19(12-24)21(14-26)18-6-4-3-5-7-18;/h3-11,16,19,21H,12-15,24H2,1-2H3;1H/t16?,19-,21+;/m1./s1. The number of hydrogen-bond donors (Lipinski definition) is 1. The lowest BCUT2D eigenvalue weighted by Crippen LogP contribution is -2.39. The van der Waals surface area contributed by atoms with Crippen molar-refractivity contribution in [3.63, 3.8) is 0 Å². The number of halogens is 2. The Balaban J connectivity index is 0.00000280. The third kappa shape index (κ3) is 5.10. The van der Waals surface area contributed by atoms with Gasteiger partial charge < -0.3 is 10.6 Å². The summed E-state index contributed by atoms with van der Waals surface area (Å²) in [6, 6.07) is 16.6. The number of carbonyl (C=O) groups excluding carboxylic acids is 1. The van der Waals surface area contributed by atoms with Crippen molar-refractivity contribution in [2.24, 2.45) is 11.7 Å². The molecule has 1 heterocycles. The molecule has 1 fully saturated rings. The van der Waals surface area contributed by atoms with Crippen LogP contribution in [0.1, 0.15) is 30.0 Å². The maximum absolute atomic E-state index is 13.1. The number of amides is 1. The smallest absolute Gasteiger partial charge is 0.236 e. The summed E-state index contributed by atoms with van der Waals surface area (Å²) in [5, 5.41) is 0. The topological polar surface area (TPSA) is 49.6 Å². The summed E-state index contributed by atoms with van der Waals surface area (Å²) in [6.45, 7) is 4.63. The molecule has 2 aromatic rings. The van der Waals surface area contributed by atoms with Crippen LogP contribution in [-0.2, 0) is 4.79 Å². The first kappa shape index (κ1) is 22.3. The molecule has 0 aliphatic carbocycles. The molecule has 2 aromatic carbocycles. The summed E-state index contributed by atoms with van der Waals surface area (Å²) in [4.78, 5) is 16.7. The van der Waals surface area contributed by atoms with Crippen LogP contribution in [0, 0.1) is 11.7 Å². The first-order chi connectivity index (χ1) is 13.0. The van der Waals surface area contributed by atoms with Gasteiger partial charge in [0.15, 0.2) is 0 Å². The number of hydrogen-bond acceptors (Lipinski definition) is 3. The molecule has 1 amide bonds. The van der Waals surface area contributed by atoms with Crippen LogP contribution >= 0.6 is 12.4 Å². The number of carbonyl (C=O) groups is 1. The van der Waals surface area contributed by atoms with Gasteiger partial charge in [-0.3, -0.25) is 9.69 Å². The molecular formula is C22H29ClFN3O. The van der Waals surface area contributed by atoms with Gasteiger partial charge in [0.25, 0.3) is 0 Å². The summed E-state index contributed by atoms with van der Waals surface area (Å²) in [5.74, 6) is 0.525. The van der Waals surface area contributed by atoms with Gasteiger partial charge in [0.1, 0.15) is 5.82 Å². The lowest BCUT2D eigenvalue weighted by molar-refractivity contribution is -0.132. The highest BCUT2D eigenvalue weighted by atomic mass is 35.5. The van der Waals surface area contributed by atoms with Crippen molar-refractivity contribution in [2.75, 3.05) is 33.2 Å². The SMILES string of the molecule is CC(c1ccc(F)cc1)N(C)C(=O)CN1C[C@@H](CN)[C@H](c2ccccc2)C1.Cl. The molecule has 0 saturated carbocycles. The zero-order valence-electron chi connectivity index (χ0n) is 16.4. The molecule has 4 nitrogen and oxygen atoms in total. The monoisotopic (exact) mass is 405 g/mol. The lowest BCUT2D eigenvalue weighted by atomic mass is 9.89. The van der Waals surface area contributed by atoms with E-state index in [4.69, 9.17) is 5.73 Å². The van der Waals surface area contributed by atoms with Crippen LogP contribution < -0.4 is 5.73 Å². The van der Waals surface area contributed by atoms with Crippen molar-refractivity contribution in [2.45, 2.75) is 18.9 Å². The minimum atomic E-state index is -0.267. The number of likely N-dealkylation sites (tertiary alicyclic amines) is 1. The second-order valence-electron chi connectivity index (χ2n) is 7.44. The summed E-state index contributed by atoms with van der Waals surface area (Å²) < 4.78 is 13.1. The van der Waals surface area contributed by atoms with E-state index < -0.39 is 0 Å². The highest BCUT2D eigenvalue weighted by molar-refractivity contribution is 5.85. The first-order valence-electron chi connectivity index (χ1n) is 9.48.